The minimum absolute atomic E-state index is 0.723. The van der Waals surface area contributed by atoms with Gasteiger partial charge >= 0.3 is 0 Å². The molecule has 0 aliphatic heterocycles. The Morgan fingerprint density at radius 3 is 2.38 bits per heavy atom. The fourth-order valence-corrected chi connectivity index (χ4v) is 2.46. The number of rotatable bonds is 3. The maximum atomic E-state index is 11.6. The summed E-state index contributed by atoms with van der Waals surface area (Å²) in [4.78, 5) is 0. The van der Waals surface area contributed by atoms with Gasteiger partial charge in [0, 0.05) is 6.16 Å². The van der Waals surface area contributed by atoms with Crippen molar-refractivity contribution in [3.63, 3.8) is 0 Å². The first-order valence-corrected chi connectivity index (χ1v) is 7.42. The highest BCUT2D eigenvalue weighted by Crippen LogP contribution is 2.40. The second-order valence-corrected chi connectivity index (χ2v) is 7.37. The third-order valence-corrected chi connectivity index (χ3v) is 3.09. The maximum Gasteiger partial charge on any atom is 0.0861 e. The van der Waals surface area contributed by atoms with Crippen molar-refractivity contribution >= 4 is 7.14 Å². The third-order valence-electron chi connectivity index (χ3n) is 1.96. The zero-order valence-corrected chi connectivity index (χ0v) is 9.47. The Hall–Kier alpha value is -0.550. The average Bonchev–Trinajstić information content (AvgIpc) is 2.01. The van der Waals surface area contributed by atoms with E-state index in [1.54, 1.807) is 0 Å². The summed E-state index contributed by atoms with van der Waals surface area (Å²) in [5.41, 5.74) is 2.53. The van der Waals surface area contributed by atoms with Gasteiger partial charge in [-0.1, -0.05) is 31.2 Å². The molecule has 1 aromatic carbocycles. The van der Waals surface area contributed by atoms with Crippen molar-refractivity contribution in [1.82, 2.24) is 0 Å². The lowest BCUT2D eigenvalue weighted by molar-refractivity contribution is 0.582. The van der Waals surface area contributed by atoms with Crippen LogP contribution in [0.15, 0.2) is 24.3 Å². The van der Waals surface area contributed by atoms with Crippen LogP contribution in [0, 0.1) is 0 Å². The molecule has 72 valence electrons. The highest BCUT2D eigenvalue weighted by Gasteiger charge is 2.07. The van der Waals surface area contributed by atoms with Gasteiger partial charge in [-0.15, -0.1) is 0 Å². The zero-order chi connectivity index (χ0) is 9.90. The molecule has 13 heavy (non-hydrogen) atoms. The molecule has 0 aliphatic carbocycles. The Morgan fingerprint density at radius 1 is 1.23 bits per heavy atom. The van der Waals surface area contributed by atoms with Crippen molar-refractivity contribution in [1.29, 1.82) is 0 Å². The first kappa shape index (κ1) is 10.5. The van der Waals surface area contributed by atoms with Crippen molar-refractivity contribution in [2.75, 3.05) is 13.3 Å². The van der Waals surface area contributed by atoms with Gasteiger partial charge in [-0.05, 0) is 30.9 Å². The predicted molar refractivity (Wildman–Crippen MR) is 59.0 cm³/mol. The molecule has 0 saturated carbocycles. The summed E-state index contributed by atoms with van der Waals surface area (Å²) in [6, 6.07) is 8.36. The van der Waals surface area contributed by atoms with Gasteiger partial charge in [0.2, 0.25) is 0 Å². The monoisotopic (exact) mass is 196 g/mol. The SMILES string of the molecule is CCc1cccc(CP(C)(C)=O)c1. The second-order valence-electron chi connectivity index (χ2n) is 3.91. The molecule has 0 amide bonds. The van der Waals surface area contributed by atoms with Crippen LogP contribution in [-0.4, -0.2) is 13.3 Å². The van der Waals surface area contributed by atoms with E-state index in [0.29, 0.717) is 0 Å². The van der Waals surface area contributed by atoms with Crippen molar-refractivity contribution < 1.29 is 4.57 Å². The fourth-order valence-electron chi connectivity index (χ4n) is 1.39. The fraction of sp³-hybridized carbons (Fsp3) is 0.455. The Bertz CT molecular complexity index is 325. The quantitative estimate of drug-likeness (QED) is 0.677. The van der Waals surface area contributed by atoms with Crippen LogP contribution in [0.3, 0.4) is 0 Å². The molecule has 0 radical (unpaired) electrons. The van der Waals surface area contributed by atoms with Crippen LogP contribution in [0.5, 0.6) is 0 Å². The van der Waals surface area contributed by atoms with Crippen LogP contribution in [-0.2, 0) is 17.1 Å². The van der Waals surface area contributed by atoms with Crippen LogP contribution < -0.4 is 0 Å². The predicted octanol–water partition coefficient (Wildman–Crippen LogP) is 3.37. The van der Waals surface area contributed by atoms with Crippen LogP contribution in [0.25, 0.3) is 0 Å². The van der Waals surface area contributed by atoms with Crippen molar-refractivity contribution in [3.05, 3.63) is 35.4 Å². The van der Waals surface area contributed by atoms with E-state index in [4.69, 9.17) is 0 Å². The van der Waals surface area contributed by atoms with Gasteiger partial charge in [0.25, 0.3) is 0 Å². The molecular weight excluding hydrogens is 179 g/mol. The van der Waals surface area contributed by atoms with Crippen molar-refractivity contribution in [2.45, 2.75) is 19.5 Å². The molecule has 1 aromatic rings. The summed E-state index contributed by atoms with van der Waals surface area (Å²) in [6.45, 7) is 5.81. The number of aryl methyl sites for hydroxylation is 1. The molecule has 0 saturated heterocycles. The van der Waals surface area contributed by atoms with E-state index in [2.05, 4.69) is 25.1 Å². The lowest BCUT2D eigenvalue weighted by atomic mass is 10.1. The summed E-state index contributed by atoms with van der Waals surface area (Å²) >= 11 is 0. The average molecular weight is 196 g/mol. The van der Waals surface area contributed by atoms with E-state index in [1.807, 2.05) is 19.4 Å². The molecule has 1 nitrogen and oxygen atoms in total. The highest BCUT2D eigenvalue weighted by atomic mass is 31.2. The van der Waals surface area contributed by atoms with Gasteiger partial charge in [0.15, 0.2) is 0 Å². The summed E-state index contributed by atoms with van der Waals surface area (Å²) in [5.74, 6) is 0. The maximum absolute atomic E-state index is 11.6. The summed E-state index contributed by atoms with van der Waals surface area (Å²) < 4.78 is 11.6. The van der Waals surface area contributed by atoms with Gasteiger partial charge in [0.1, 0.15) is 0 Å². The Morgan fingerprint density at radius 2 is 1.85 bits per heavy atom. The van der Waals surface area contributed by atoms with Crippen molar-refractivity contribution in [3.8, 4) is 0 Å². The van der Waals surface area contributed by atoms with Crippen molar-refractivity contribution in [2.24, 2.45) is 0 Å². The molecule has 0 heterocycles. The molecule has 0 aromatic heterocycles. The Balaban J connectivity index is 2.84. The van der Waals surface area contributed by atoms with E-state index in [1.165, 1.54) is 11.1 Å². The Labute approximate surface area is 80.5 Å². The highest BCUT2D eigenvalue weighted by molar-refractivity contribution is 7.61. The van der Waals surface area contributed by atoms with Crippen LogP contribution in [0.4, 0.5) is 0 Å². The second kappa shape index (κ2) is 4.11. The number of benzene rings is 1. The zero-order valence-electron chi connectivity index (χ0n) is 8.58. The molecule has 0 fully saturated rings. The molecule has 0 spiro atoms. The normalized spacial score (nSPS) is 11.6. The lowest BCUT2D eigenvalue weighted by Crippen LogP contribution is -1.88. The third kappa shape index (κ3) is 3.78. The van der Waals surface area contributed by atoms with E-state index >= 15 is 0 Å². The van der Waals surface area contributed by atoms with Gasteiger partial charge in [0.05, 0.1) is 7.14 Å². The minimum atomic E-state index is -1.92. The standard InChI is InChI=1S/C11H17OP/c1-4-10-6-5-7-11(8-10)9-13(2,3)12/h5-8H,4,9H2,1-3H3. The van der Waals surface area contributed by atoms with Gasteiger partial charge < -0.3 is 4.57 Å². The summed E-state index contributed by atoms with van der Waals surface area (Å²) in [6.07, 6.45) is 1.77. The van der Waals surface area contributed by atoms with Gasteiger partial charge in [-0.3, -0.25) is 0 Å². The van der Waals surface area contributed by atoms with E-state index in [0.717, 1.165) is 12.6 Å². The number of hydrogen-bond donors (Lipinski definition) is 0. The molecule has 0 N–H and O–H groups in total. The molecule has 0 atom stereocenters. The molecule has 1 rings (SSSR count). The largest absolute Gasteiger partial charge is 0.324 e. The van der Waals surface area contributed by atoms with E-state index in [-0.39, 0.29) is 0 Å². The Kier molecular flexibility index (Phi) is 3.33. The summed E-state index contributed by atoms with van der Waals surface area (Å²) in [7, 11) is -1.92. The molecule has 2 heteroatoms. The molecule has 0 aliphatic rings. The molecule has 0 bridgehead atoms. The van der Waals surface area contributed by atoms with E-state index in [9.17, 15) is 4.57 Å². The topological polar surface area (TPSA) is 17.1 Å². The van der Waals surface area contributed by atoms with E-state index < -0.39 is 7.14 Å². The minimum Gasteiger partial charge on any atom is -0.324 e. The molecular formula is C11H17OP. The first-order chi connectivity index (χ1) is 6.01. The van der Waals surface area contributed by atoms with Crippen LogP contribution >= 0.6 is 7.14 Å². The summed E-state index contributed by atoms with van der Waals surface area (Å²) in [5, 5.41) is 0. The lowest BCUT2D eigenvalue weighted by Gasteiger charge is -2.07. The molecule has 0 unspecified atom stereocenters. The smallest absolute Gasteiger partial charge is 0.0861 e. The first-order valence-electron chi connectivity index (χ1n) is 4.63. The van der Waals surface area contributed by atoms with Gasteiger partial charge in [-0.25, -0.2) is 0 Å². The van der Waals surface area contributed by atoms with Gasteiger partial charge in [-0.2, -0.15) is 0 Å². The number of hydrogen-bond acceptors (Lipinski definition) is 1. The van der Waals surface area contributed by atoms with Crippen LogP contribution in [0.2, 0.25) is 0 Å². The van der Waals surface area contributed by atoms with Crippen LogP contribution in [0.1, 0.15) is 18.1 Å².